The summed E-state index contributed by atoms with van der Waals surface area (Å²) < 4.78 is 9.39. The van der Waals surface area contributed by atoms with Crippen LogP contribution in [0.2, 0.25) is 0 Å². The van der Waals surface area contributed by atoms with Gasteiger partial charge in [0.2, 0.25) is 29.5 Å². The number of imidazole rings is 1. The molecule has 3 aromatic carbocycles. The van der Waals surface area contributed by atoms with Gasteiger partial charge in [-0.1, -0.05) is 61.0 Å². The number of carbonyl (C=O) groups is 5. The number of anilines is 1. The molecular formula is C44H53N7O7. The third-order valence-corrected chi connectivity index (χ3v) is 12.0. The first kappa shape index (κ1) is 40.6. The van der Waals surface area contributed by atoms with Gasteiger partial charge >= 0.3 is 5.69 Å². The highest BCUT2D eigenvalue weighted by Gasteiger charge is 2.43. The van der Waals surface area contributed by atoms with E-state index in [0.29, 0.717) is 44.2 Å². The fourth-order valence-electron chi connectivity index (χ4n) is 8.78. The number of piperidine rings is 1. The van der Waals surface area contributed by atoms with E-state index in [2.05, 4.69) is 22.8 Å². The molecule has 0 aliphatic carbocycles. The highest BCUT2D eigenvalue weighted by molar-refractivity contribution is 6.07. The van der Waals surface area contributed by atoms with Crippen molar-refractivity contribution in [3.8, 4) is 0 Å². The van der Waals surface area contributed by atoms with Crippen molar-refractivity contribution >= 4 is 46.3 Å². The highest BCUT2D eigenvalue weighted by atomic mass is 16.5. The number of unbranched alkanes of at least 4 members (excludes halogenated alkanes) is 2. The molecule has 0 bridgehead atoms. The van der Waals surface area contributed by atoms with Crippen LogP contribution in [0.1, 0.15) is 92.1 Å². The predicted octanol–water partition coefficient (Wildman–Crippen LogP) is 3.16. The third-order valence-electron chi connectivity index (χ3n) is 12.0. The van der Waals surface area contributed by atoms with Crippen LogP contribution >= 0.6 is 0 Å². The lowest BCUT2D eigenvalue weighted by Gasteiger charge is -2.30. The topological polar surface area (TPSA) is 201 Å². The van der Waals surface area contributed by atoms with Crippen LogP contribution in [0, 0.1) is 0 Å². The number of rotatable bonds is 16. The number of ether oxygens (including phenoxy) is 1. The number of fused-ring (bicyclic) bond motifs is 1. The van der Waals surface area contributed by atoms with Crippen LogP contribution < -0.4 is 32.7 Å². The molecule has 3 aliphatic heterocycles. The summed E-state index contributed by atoms with van der Waals surface area (Å²) in [4.78, 5) is 78.1. The molecule has 0 spiro atoms. The van der Waals surface area contributed by atoms with Crippen molar-refractivity contribution in [1.29, 1.82) is 0 Å². The Morgan fingerprint density at radius 2 is 1.64 bits per heavy atom. The largest absolute Gasteiger partial charge is 0.372 e. The summed E-state index contributed by atoms with van der Waals surface area (Å²) in [5.41, 5.74) is 19.0. The normalized spacial score (nSPS) is 20.1. The number of amides is 5. The minimum atomic E-state index is -0.743. The molecule has 1 fully saturated rings. The summed E-state index contributed by atoms with van der Waals surface area (Å²) in [7, 11) is 1.73. The summed E-state index contributed by atoms with van der Waals surface area (Å²) in [6.07, 6.45) is 6.61. The second-order valence-electron chi connectivity index (χ2n) is 16.0. The zero-order valence-corrected chi connectivity index (χ0v) is 33.2. The summed E-state index contributed by atoms with van der Waals surface area (Å²) >= 11 is 0. The summed E-state index contributed by atoms with van der Waals surface area (Å²) in [5, 5.41) is 5.45. The Kier molecular flexibility index (Phi) is 12.2. The molecule has 1 aromatic heterocycles. The summed E-state index contributed by atoms with van der Waals surface area (Å²) in [6, 6.07) is 17.3. The van der Waals surface area contributed by atoms with Crippen LogP contribution in [0.5, 0.6) is 0 Å². The van der Waals surface area contributed by atoms with Gasteiger partial charge in [-0.05, 0) is 92.2 Å². The quantitative estimate of drug-likeness (QED) is 0.0980. The van der Waals surface area contributed by atoms with Gasteiger partial charge in [0.25, 0.3) is 0 Å². The van der Waals surface area contributed by atoms with Crippen molar-refractivity contribution in [1.82, 2.24) is 19.8 Å². The Morgan fingerprint density at radius 1 is 0.914 bits per heavy atom. The molecular weight excluding hydrogens is 739 g/mol. The molecule has 58 heavy (non-hydrogen) atoms. The van der Waals surface area contributed by atoms with Gasteiger partial charge in [0.1, 0.15) is 12.1 Å². The molecule has 3 aliphatic rings. The number of primary amides is 1. The lowest BCUT2D eigenvalue weighted by atomic mass is 10.0. The van der Waals surface area contributed by atoms with Crippen LogP contribution in [-0.4, -0.2) is 62.9 Å². The van der Waals surface area contributed by atoms with Gasteiger partial charge in [-0.3, -0.25) is 43.3 Å². The van der Waals surface area contributed by atoms with Crippen LogP contribution in [0.4, 0.5) is 5.69 Å². The first-order chi connectivity index (χ1) is 27.9. The van der Waals surface area contributed by atoms with Crippen molar-refractivity contribution < 1.29 is 28.7 Å². The SMILES string of the molecule is C[C@@H](OCc1ccc(CCCCCc2cccc3c2n(C)c(=O)n3C2CCC(=O)NC2=O)cc1)[C@H](CCC(N)=O)NC(=O)[C@@H]1Cc2cccc3c2N1C(=O)[C@@H](N)CC3. The number of benzene rings is 3. The van der Waals surface area contributed by atoms with Crippen molar-refractivity contribution in [2.45, 2.75) is 121 Å². The molecule has 4 aromatic rings. The number of aryl methyl sites for hydroxylation is 4. The average Bonchev–Trinajstić information content (AvgIpc) is 3.68. The lowest BCUT2D eigenvalue weighted by molar-refractivity contribution is -0.135. The van der Waals surface area contributed by atoms with Crippen molar-refractivity contribution in [3.05, 3.63) is 99.0 Å². The van der Waals surface area contributed by atoms with Gasteiger partial charge in [0.15, 0.2) is 0 Å². The monoisotopic (exact) mass is 791 g/mol. The zero-order valence-electron chi connectivity index (χ0n) is 33.2. The minimum absolute atomic E-state index is 0.0728. The molecule has 5 amide bonds. The van der Waals surface area contributed by atoms with E-state index in [1.54, 1.807) is 16.5 Å². The second kappa shape index (κ2) is 17.5. The fraction of sp³-hybridized carbons (Fsp3) is 0.455. The standard InChI is InChI=1S/C44H53N7O7/c1-26(33(20-22-37(46)52)47-42(55)36-24-31-12-6-10-30-18-19-32(45)43(56)51(36)39(30)31)58-25-28-16-14-27(15-17-28)8-4-3-5-9-29-11-7-13-34-40(29)49(2)44(57)50(34)35-21-23-38(53)48-41(35)54/h6-7,10-17,26,32-33,35-36H,3-5,8-9,18-25,45H2,1-2H3,(H2,46,52)(H,47,55)(H,48,53,54)/t26-,32+,33+,35?,36+/m1/s1. The Bertz CT molecular complexity index is 2280. The Hall–Kier alpha value is -5.60. The zero-order chi connectivity index (χ0) is 41.1. The van der Waals surface area contributed by atoms with E-state index >= 15 is 0 Å². The third kappa shape index (κ3) is 8.48. The number of nitrogens with one attached hydrogen (secondary N) is 2. The number of para-hydroxylation sites is 2. The van der Waals surface area contributed by atoms with E-state index in [9.17, 15) is 28.8 Å². The van der Waals surface area contributed by atoms with Crippen molar-refractivity contribution in [3.63, 3.8) is 0 Å². The van der Waals surface area contributed by atoms with Gasteiger partial charge < -0.3 is 21.5 Å². The highest BCUT2D eigenvalue weighted by Crippen LogP contribution is 2.39. The first-order valence-electron chi connectivity index (χ1n) is 20.4. The second-order valence-corrected chi connectivity index (χ2v) is 16.0. The molecule has 7 rings (SSSR count). The number of aromatic nitrogens is 2. The van der Waals surface area contributed by atoms with Crippen LogP contribution in [0.15, 0.2) is 65.5 Å². The van der Waals surface area contributed by atoms with E-state index in [1.807, 2.05) is 55.5 Å². The molecule has 1 unspecified atom stereocenters. The first-order valence-corrected chi connectivity index (χ1v) is 20.4. The van der Waals surface area contributed by atoms with Gasteiger partial charge in [-0.25, -0.2) is 4.79 Å². The van der Waals surface area contributed by atoms with Crippen molar-refractivity contribution in [2.75, 3.05) is 4.90 Å². The van der Waals surface area contributed by atoms with E-state index in [-0.39, 0.29) is 36.3 Å². The fourth-order valence-corrected chi connectivity index (χ4v) is 8.78. The Labute approximate surface area is 337 Å². The average molecular weight is 792 g/mol. The molecule has 6 N–H and O–H groups in total. The Morgan fingerprint density at radius 3 is 2.40 bits per heavy atom. The number of nitrogens with zero attached hydrogens (tertiary/aromatic N) is 3. The maximum Gasteiger partial charge on any atom is 0.329 e. The van der Waals surface area contributed by atoms with Gasteiger partial charge in [-0.15, -0.1) is 0 Å². The van der Waals surface area contributed by atoms with Gasteiger partial charge in [-0.2, -0.15) is 0 Å². The van der Waals surface area contributed by atoms with Crippen LogP contribution in [-0.2, 0) is 68.0 Å². The maximum absolute atomic E-state index is 13.9. The van der Waals surface area contributed by atoms with Crippen LogP contribution in [0.3, 0.4) is 0 Å². The van der Waals surface area contributed by atoms with Crippen molar-refractivity contribution in [2.24, 2.45) is 18.5 Å². The molecule has 1 saturated heterocycles. The number of carbonyl (C=O) groups excluding carboxylic acids is 5. The Balaban J connectivity index is 0.903. The predicted molar refractivity (Wildman–Crippen MR) is 219 cm³/mol. The maximum atomic E-state index is 13.9. The van der Waals surface area contributed by atoms with E-state index in [1.165, 1.54) is 10.1 Å². The summed E-state index contributed by atoms with van der Waals surface area (Å²) in [5.74, 6) is -1.79. The van der Waals surface area contributed by atoms with Gasteiger partial charge in [0.05, 0.1) is 41.5 Å². The number of hydrogen-bond acceptors (Lipinski definition) is 8. The number of nitrogens with two attached hydrogens (primary N) is 2. The van der Waals surface area contributed by atoms with Crippen LogP contribution in [0.25, 0.3) is 11.0 Å². The smallest absolute Gasteiger partial charge is 0.329 e. The summed E-state index contributed by atoms with van der Waals surface area (Å²) in [6.45, 7) is 2.17. The molecule has 0 saturated carbocycles. The number of hydrogen-bond donors (Lipinski definition) is 4. The van der Waals surface area contributed by atoms with E-state index in [4.69, 9.17) is 16.2 Å². The van der Waals surface area contributed by atoms with E-state index < -0.39 is 42.1 Å². The number of imide groups is 1. The van der Waals surface area contributed by atoms with E-state index in [0.717, 1.165) is 65.6 Å². The molecule has 14 nitrogen and oxygen atoms in total. The molecule has 14 heteroatoms. The molecule has 0 radical (unpaired) electrons. The molecule has 5 atom stereocenters. The minimum Gasteiger partial charge on any atom is -0.372 e. The van der Waals surface area contributed by atoms with Gasteiger partial charge in [0, 0.05) is 26.3 Å². The molecule has 306 valence electrons. The lowest BCUT2D eigenvalue weighted by Crippen LogP contribution is -2.55. The molecule has 4 heterocycles.